The van der Waals surface area contributed by atoms with E-state index < -0.39 is 42.5 Å². The molecule has 115 valence electrons. The molecule has 0 aliphatic heterocycles. The van der Waals surface area contributed by atoms with Crippen LogP contribution < -0.4 is 0 Å². The van der Waals surface area contributed by atoms with Crippen molar-refractivity contribution in [2.24, 2.45) is 0 Å². The zero-order valence-corrected chi connectivity index (χ0v) is 20.5. The van der Waals surface area contributed by atoms with Crippen LogP contribution in [0.2, 0.25) is 58.9 Å². The summed E-state index contributed by atoms with van der Waals surface area (Å²) in [5.74, 6) is 0. The molecular weight excluding hydrogens is 345 g/mol. The van der Waals surface area contributed by atoms with E-state index in [1.54, 1.807) is 0 Å². The first-order valence-electron chi connectivity index (χ1n) is 7.50. The van der Waals surface area contributed by atoms with Crippen LogP contribution in [0.25, 0.3) is 0 Å². The monoisotopic (exact) mass is 371 g/mol. The van der Waals surface area contributed by atoms with Gasteiger partial charge in [0.05, 0.1) is 0 Å². The van der Waals surface area contributed by atoms with E-state index in [0.717, 1.165) is 0 Å². The number of rotatable bonds is 0. The minimum Gasteiger partial charge on any atom is -0.138 e. The van der Waals surface area contributed by atoms with E-state index in [4.69, 9.17) is 0 Å². The zero-order valence-electron chi connectivity index (χ0n) is 15.5. The van der Waals surface area contributed by atoms with Crippen molar-refractivity contribution in [1.82, 2.24) is 0 Å². The maximum absolute atomic E-state index is 3.42. The average Bonchev–Trinajstić information content (AvgIpc) is 2.36. The average molecular weight is 372 g/mol. The smallest absolute Gasteiger partial charge is 0.138 e. The molecule has 0 rings (SSSR count). The van der Waals surface area contributed by atoms with Gasteiger partial charge in [-0.1, -0.05) is 39.3 Å². The summed E-state index contributed by atoms with van der Waals surface area (Å²) < 4.78 is 0. The van der Waals surface area contributed by atoms with Gasteiger partial charge < -0.3 is 0 Å². The van der Waals surface area contributed by atoms with Gasteiger partial charge >= 0.3 is 0 Å². The lowest BCUT2D eigenvalue weighted by Gasteiger charge is -2.03. The summed E-state index contributed by atoms with van der Waals surface area (Å²) in [6.07, 6.45) is 0. The number of hydrogen-bond donors (Lipinski definition) is 0. The van der Waals surface area contributed by atoms with Crippen LogP contribution >= 0.6 is 0 Å². The van der Waals surface area contributed by atoms with Crippen LogP contribution in [0.3, 0.4) is 0 Å². The number of hydrogen-bond acceptors (Lipinski definition) is 0. The second-order valence-electron chi connectivity index (χ2n) is 7.38. The highest BCUT2D eigenvalue weighted by Crippen LogP contribution is 1.97. The Kier molecular flexibility index (Phi) is 9.17. The second-order valence-corrected chi connectivity index (χ2v) is 22.1. The van der Waals surface area contributed by atoms with Crippen molar-refractivity contribution in [3.05, 3.63) is 0 Å². The molecule has 0 fully saturated rings. The third-order valence-electron chi connectivity index (χ3n) is 2.12. The molecule has 0 spiro atoms. The Morgan fingerprint density at radius 1 is 0.455 bits per heavy atom. The Balaban J connectivity index is 4.68. The van der Waals surface area contributed by atoms with Crippen molar-refractivity contribution in [2.75, 3.05) is 0 Å². The quantitative estimate of drug-likeness (QED) is 0.452. The summed E-state index contributed by atoms with van der Waals surface area (Å²) in [6, 6.07) is 0. The third kappa shape index (κ3) is 14.3. The van der Waals surface area contributed by atoms with Crippen LogP contribution in [-0.2, 0) is 0 Å². The second kappa shape index (κ2) is 9.46. The van der Waals surface area contributed by atoms with Crippen molar-refractivity contribution >= 4 is 42.5 Å². The van der Waals surface area contributed by atoms with Gasteiger partial charge in [-0.3, -0.25) is 0 Å². The van der Waals surface area contributed by atoms with Gasteiger partial charge in [0.15, 0.2) is 0 Å². The fraction of sp³-hybridized carbons (Fsp3) is 0.529. The van der Waals surface area contributed by atoms with E-state index in [1.165, 1.54) is 0 Å². The van der Waals surface area contributed by atoms with Gasteiger partial charge in [0.1, 0.15) is 16.1 Å². The molecule has 0 bridgehead atoms. The van der Waals surface area contributed by atoms with Crippen LogP contribution in [-0.4, -0.2) is 42.5 Å². The van der Waals surface area contributed by atoms with Crippen LogP contribution in [0, 0.1) is 44.3 Å². The van der Waals surface area contributed by atoms with Gasteiger partial charge in [-0.25, -0.2) is 0 Å². The van der Waals surface area contributed by atoms with Gasteiger partial charge in [-0.05, 0) is 19.6 Å². The molecule has 22 heavy (non-hydrogen) atoms. The molecule has 0 saturated carbocycles. The maximum atomic E-state index is 3.42. The summed E-state index contributed by atoms with van der Waals surface area (Å²) in [5, 5.41) is 0. The summed E-state index contributed by atoms with van der Waals surface area (Å²) in [4.78, 5) is 0. The minimum absolute atomic E-state index is 0.829. The Morgan fingerprint density at radius 2 is 0.682 bits per heavy atom. The largest absolute Gasteiger partial charge is 0.229 e. The van der Waals surface area contributed by atoms with E-state index in [1.807, 2.05) is 0 Å². The SMILES string of the molecule is C[Si](C#C[Si](C)C#C[Si](C)(C)C)C#C[Si](C)C#C[Si](C)(C)C. The molecule has 0 aromatic heterocycles. The van der Waals surface area contributed by atoms with Crippen molar-refractivity contribution in [3.63, 3.8) is 0 Å². The maximum Gasteiger partial charge on any atom is 0.229 e. The molecule has 0 N–H and O–H groups in total. The normalized spacial score (nSPS) is 10.7. The van der Waals surface area contributed by atoms with Gasteiger partial charge in [-0.15, -0.1) is 44.3 Å². The van der Waals surface area contributed by atoms with Gasteiger partial charge in [0.25, 0.3) is 0 Å². The molecule has 0 aliphatic carbocycles. The molecule has 0 nitrogen and oxygen atoms in total. The first kappa shape index (κ1) is 21.3. The van der Waals surface area contributed by atoms with Crippen molar-refractivity contribution in [2.45, 2.75) is 58.9 Å². The lowest BCUT2D eigenvalue weighted by atomic mass is 11.3. The predicted molar refractivity (Wildman–Crippen MR) is 113 cm³/mol. The van der Waals surface area contributed by atoms with E-state index in [-0.39, 0.29) is 0 Å². The lowest BCUT2D eigenvalue weighted by Crippen LogP contribution is -2.18. The Hall–Kier alpha value is -0.676. The highest BCUT2D eigenvalue weighted by atomic mass is 28.3. The van der Waals surface area contributed by atoms with E-state index in [9.17, 15) is 0 Å². The molecule has 0 atom stereocenters. The van der Waals surface area contributed by atoms with Crippen LogP contribution in [0.15, 0.2) is 0 Å². The zero-order chi connectivity index (χ0) is 17.4. The van der Waals surface area contributed by atoms with Gasteiger partial charge in [0.2, 0.25) is 26.4 Å². The molecular formula is C17H27Si5. The van der Waals surface area contributed by atoms with Crippen LogP contribution in [0.4, 0.5) is 0 Å². The molecule has 0 saturated heterocycles. The molecule has 0 heterocycles. The molecule has 5 heteroatoms. The van der Waals surface area contributed by atoms with E-state index in [2.05, 4.69) is 103 Å². The molecule has 0 amide bonds. The Morgan fingerprint density at radius 3 is 0.909 bits per heavy atom. The third-order valence-corrected chi connectivity index (χ3v) is 7.88. The van der Waals surface area contributed by atoms with E-state index >= 15 is 0 Å². The first-order valence-corrected chi connectivity index (χ1v) is 20.5. The molecule has 0 aliphatic rings. The topological polar surface area (TPSA) is 0 Å². The summed E-state index contributed by atoms with van der Waals surface area (Å²) in [5.41, 5.74) is 27.0. The lowest BCUT2D eigenvalue weighted by molar-refractivity contribution is 1.81. The highest BCUT2D eigenvalue weighted by Gasteiger charge is 2.09. The minimum atomic E-state index is -1.26. The van der Waals surface area contributed by atoms with Crippen molar-refractivity contribution < 1.29 is 0 Å². The summed E-state index contributed by atoms with van der Waals surface area (Å²) >= 11 is 0. The molecule has 0 unspecified atom stereocenters. The molecule has 3 radical (unpaired) electrons. The summed E-state index contributed by atoms with van der Waals surface area (Å²) in [7, 11) is -5.05. The van der Waals surface area contributed by atoms with Crippen molar-refractivity contribution in [3.8, 4) is 44.3 Å². The molecule has 0 aromatic rings. The molecule has 0 aromatic carbocycles. The predicted octanol–water partition coefficient (Wildman–Crippen LogP) is 3.36. The van der Waals surface area contributed by atoms with E-state index in [0.29, 0.717) is 0 Å². The fourth-order valence-corrected chi connectivity index (χ4v) is 8.72. The van der Waals surface area contributed by atoms with Gasteiger partial charge in [-0.2, -0.15) is 0 Å². The highest BCUT2D eigenvalue weighted by molar-refractivity contribution is 6.87. The van der Waals surface area contributed by atoms with Crippen LogP contribution in [0.5, 0.6) is 0 Å². The Labute approximate surface area is 145 Å². The van der Waals surface area contributed by atoms with Gasteiger partial charge in [0, 0.05) is 0 Å². The first-order chi connectivity index (χ1) is 9.89. The fourth-order valence-electron chi connectivity index (χ4n) is 1.03. The van der Waals surface area contributed by atoms with Crippen molar-refractivity contribution in [1.29, 1.82) is 0 Å². The van der Waals surface area contributed by atoms with Crippen LogP contribution in [0.1, 0.15) is 0 Å². The summed E-state index contributed by atoms with van der Waals surface area (Å²) in [6.45, 7) is 20.2. The standard InChI is InChI=1S/C17H27Si5/c1-18(10-12-19(2)14-16-21(4,5)6)11-13-20(3)15-17-22(7,8)9/h1-9H3. The Bertz CT molecular complexity index is 550.